The van der Waals surface area contributed by atoms with Crippen molar-refractivity contribution in [1.29, 1.82) is 0 Å². The average molecular weight is 412 g/mol. The second-order valence-corrected chi connectivity index (χ2v) is 9.06. The third-order valence-electron chi connectivity index (χ3n) is 4.39. The molecule has 0 saturated heterocycles. The maximum Gasteiger partial charge on any atom is 0.244 e. The van der Waals surface area contributed by atoms with E-state index >= 15 is 0 Å². The average Bonchev–Trinajstić information content (AvgIpc) is 2.60. The molecular weight excluding hydrogens is 390 g/mol. The van der Waals surface area contributed by atoms with Crippen LogP contribution in [0.15, 0.2) is 41.3 Å². The van der Waals surface area contributed by atoms with Crippen molar-refractivity contribution in [1.82, 2.24) is 4.72 Å². The summed E-state index contributed by atoms with van der Waals surface area (Å²) in [5, 5.41) is 0.311. The molecule has 1 aliphatic rings. The van der Waals surface area contributed by atoms with Crippen LogP contribution in [0.3, 0.4) is 0 Å². The standard InChI is InChI=1S/C19H22ClNO5S/c1-19(2)11-15(14-10-13(24-3)6-8-16(14)26-19)21-27(22,23)18-9-12(20)5-7-17(18)25-4/h5-10,15,21H,11H2,1-4H3/t15-/m1/s1. The third kappa shape index (κ3) is 4.15. The SMILES string of the molecule is COc1ccc2c(c1)[C@H](NS(=O)(=O)c1cc(Cl)ccc1OC)CC(C)(C)O2. The molecule has 0 aliphatic carbocycles. The fourth-order valence-corrected chi connectivity index (χ4v) is 4.82. The molecule has 0 fully saturated rings. The minimum atomic E-state index is -3.89. The summed E-state index contributed by atoms with van der Waals surface area (Å²) in [5.41, 5.74) is 0.186. The van der Waals surface area contributed by atoms with Crippen LogP contribution in [0.2, 0.25) is 5.02 Å². The van der Waals surface area contributed by atoms with Gasteiger partial charge in [0.25, 0.3) is 0 Å². The van der Waals surface area contributed by atoms with Crippen LogP contribution in [0.4, 0.5) is 0 Å². The molecule has 8 heteroatoms. The van der Waals surface area contributed by atoms with Gasteiger partial charge in [0.2, 0.25) is 10.0 Å². The topological polar surface area (TPSA) is 73.9 Å². The van der Waals surface area contributed by atoms with Gasteiger partial charge >= 0.3 is 0 Å². The molecule has 1 N–H and O–H groups in total. The Kier molecular flexibility index (Phi) is 5.29. The Morgan fingerprint density at radius 1 is 1.15 bits per heavy atom. The van der Waals surface area contributed by atoms with Gasteiger partial charge in [0, 0.05) is 17.0 Å². The highest BCUT2D eigenvalue weighted by molar-refractivity contribution is 7.89. The highest BCUT2D eigenvalue weighted by atomic mass is 35.5. The number of sulfonamides is 1. The molecule has 1 heterocycles. The van der Waals surface area contributed by atoms with Crippen LogP contribution in [0.1, 0.15) is 31.9 Å². The summed E-state index contributed by atoms with van der Waals surface area (Å²) >= 11 is 6.00. The molecule has 6 nitrogen and oxygen atoms in total. The van der Waals surface area contributed by atoms with E-state index in [0.29, 0.717) is 22.9 Å². The van der Waals surface area contributed by atoms with Gasteiger partial charge in [0.1, 0.15) is 27.7 Å². The van der Waals surface area contributed by atoms with Crippen molar-refractivity contribution in [3.8, 4) is 17.2 Å². The highest BCUT2D eigenvalue weighted by Crippen LogP contribution is 2.42. The molecule has 0 bridgehead atoms. The first kappa shape index (κ1) is 19.8. The summed E-state index contributed by atoms with van der Waals surface area (Å²) in [6.07, 6.45) is 0.454. The van der Waals surface area contributed by atoms with Crippen LogP contribution in [0, 0.1) is 0 Å². The van der Waals surface area contributed by atoms with Crippen molar-refractivity contribution < 1.29 is 22.6 Å². The molecule has 0 radical (unpaired) electrons. The number of benzene rings is 2. The molecule has 27 heavy (non-hydrogen) atoms. The van der Waals surface area contributed by atoms with Crippen molar-refractivity contribution in [3.63, 3.8) is 0 Å². The number of methoxy groups -OCH3 is 2. The van der Waals surface area contributed by atoms with Crippen LogP contribution in [-0.2, 0) is 10.0 Å². The lowest BCUT2D eigenvalue weighted by Gasteiger charge is -2.38. The van der Waals surface area contributed by atoms with Gasteiger partial charge < -0.3 is 14.2 Å². The Hall–Kier alpha value is -1.96. The Bertz CT molecular complexity index is 959. The number of ether oxygens (including phenoxy) is 3. The van der Waals surface area contributed by atoms with E-state index in [4.69, 9.17) is 25.8 Å². The van der Waals surface area contributed by atoms with Crippen LogP contribution in [0.25, 0.3) is 0 Å². The Balaban J connectivity index is 2.03. The van der Waals surface area contributed by atoms with Gasteiger partial charge in [-0.05, 0) is 50.2 Å². The van der Waals surface area contributed by atoms with E-state index in [2.05, 4.69) is 4.72 Å². The maximum atomic E-state index is 13.1. The van der Waals surface area contributed by atoms with E-state index in [1.165, 1.54) is 19.2 Å². The van der Waals surface area contributed by atoms with E-state index < -0.39 is 21.7 Å². The molecule has 2 aromatic rings. The normalized spacial score (nSPS) is 18.3. The largest absolute Gasteiger partial charge is 0.497 e. The Morgan fingerprint density at radius 2 is 1.89 bits per heavy atom. The summed E-state index contributed by atoms with van der Waals surface area (Å²) < 4.78 is 45.4. The van der Waals surface area contributed by atoms with Gasteiger partial charge in [-0.1, -0.05) is 11.6 Å². The number of nitrogens with one attached hydrogen (secondary N) is 1. The van der Waals surface area contributed by atoms with Crippen LogP contribution in [-0.4, -0.2) is 28.2 Å². The van der Waals surface area contributed by atoms with Crippen molar-refractivity contribution in [3.05, 3.63) is 47.0 Å². The maximum absolute atomic E-state index is 13.1. The molecular formula is C19H22ClNO5S. The zero-order valence-electron chi connectivity index (χ0n) is 15.6. The number of hydrogen-bond acceptors (Lipinski definition) is 5. The fourth-order valence-electron chi connectivity index (χ4n) is 3.18. The first-order chi connectivity index (χ1) is 12.6. The number of halogens is 1. The van der Waals surface area contributed by atoms with E-state index in [1.54, 1.807) is 31.4 Å². The summed E-state index contributed by atoms with van der Waals surface area (Å²) in [7, 11) is -0.916. The van der Waals surface area contributed by atoms with Crippen molar-refractivity contribution in [2.24, 2.45) is 0 Å². The van der Waals surface area contributed by atoms with Gasteiger partial charge in [-0.3, -0.25) is 0 Å². The molecule has 2 aromatic carbocycles. The van der Waals surface area contributed by atoms with Gasteiger partial charge in [0.15, 0.2) is 0 Å². The lowest BCUT2D eigenvalue weighted by Crippen LogP contribution is -2.41. The second kappa shape index (κ2) is 7.22. The summed E-state index contributed by atoms with van der Waals surface area (Å²) in [6.45, 7) is 3.84. The second-order valence-electron chi connectivity index (χ2n) is 6.94. The minimum absolute atomic E-state index is 0.00811. The lowest BCUT2D eigenvalue weighted by molar-refractivity contribution is 0.0700. The monoisotopic (exact) mass is 411 g/mol. The zero-order valence-corrected chi connectivity index (χ0v) is 17.1. The number of fused-ring (bicyclic) bond motifs is 1. The van der Waals surface area contributed by atoms with Crippen LogP contribution < -0.4 is 18.9 Å². The number of hydrogen-bond donors (Lipinski definition) is 1. The van der Waals surface area contributed by atoms with Crippen molar-refractivity contribution in [2.75, 3.05) is 14.2 Å². The van der Waals surface area contributed by atoms with Crippen molar-refractivity contribution >= 4 is 21.6 Å². The highest BCUT2D eigenvalue weighted by Gasteiger charge is 2.37. The predicted octanol–water partition coefficient (Wildman–Crippen LogP) is 3.94. The van der Waals surface area contributed by atoms with Gasteiger partial charge in [-0.15, -0.1) is 0 Å². The fraction of sp³-hybridized carbons (Fsp3) is 0.368. The van der Waals surface area contributed by atoms with E-state index in [0.717, 1.165) is 5.56 Å². The molecule has 0 amide bonds. The molecule has 1 aliphatic heterocycles. The molecule has 0 saturated carbocycles. The quantitative estimate of drug-likeness (QED) is 0.806. The summed E-state index contributed by atoms with van der Waals surface area (Å²) in [4.78, 5) is -0.00811. The third-order valence-corrected chi connectivity index (χ3v) is 6.11. The first-order valence-corrected chi connectivity index (χ1v) is 10.2. The zero-order chi connectivity index (χ0) is 19.8. The van der Waals surface area contributed by atoms with Crippen LogP contribution >= 0.6 is 11.6 Å². The lowest BCUT2D eigenvalue weighted by atomic mass is 9.90. The van der Waals surface area contributed by atoms with Gasteiger partial charge in [-0.25, -0.2) is 13.1 Å². The molecule has 0 spiro atoms. The summed E-state index contributed by atoms with van der Waals surface area (Å²) in [6, 6.07) is 9.35. The first-order valence-electron chi connectivity index (χ1n) is 8.38. The van der Waals surface area contributed by atoms with E-state index in [1.807, 2.05) is 13.8 Å². The van der Waals surface area contributed by atoms with Gasteiger partial charge in [-0.2, -0.15) is 0 Å². The Morgan fingerprint density at radius 3 is 2.56 bits per heavy atom. The van der Waals surface area contributed by atoms with Crippen molar-refractivity contribution in [2.45, 2.75) is 36.8 Å². The molecule has 1 atom stereocenters. The number of rotatable bonds is 5. The molecule has 146 valence electrons. The van der Waals surface area contributed by atoms with E-state index in [-0.39, 0.29) is 10.6 Å². The van der Waals surface area contributed by atoms with Crippen LogP contribution in [0.5, 0.6) is 17.2 Å². The Labute approximate surface area is 164 Å². The summed E-state index contributed by atoms with van der Waals surface area (Å²) in [5.74, 6) is 1.48. The predicted molar refractivity (Wildman–Crippen MR) is 103 cm³/mol. The molecule has 0 unspecified atom stereocenters. The van der Waals surface area contributed by atoms with Gasteiger partial charge in [0.05, 0.1) is 20.3 Å². The molecule has 0 aromatic heterocycles. The minimum Gasteiger partial charge on any atom is -0.497 e. The van der Waals surface area contributed by atoms with E-state index in [9.17, 15) is 8.42 Å². The smallest absolute Gasteiger partial charge is 0.244 e. The molecule has 3 rings (SSSR count).